The number of fused-ring (bicyclic) bond motifs is 1. The second kappa shape index (κ2) is 8.39. The molecule has 0 radical (unpaired) electrons. The van der Waals surface area contributed by atoms with Crippen molar-refractivity contribution in [2.24, 2.45) is 4.99 Å². The molecule has 1 aromatic carbocycles. The molecule has 1 aliphatic heterocycles. The number of guanidine groups is 1. The van der Waals surface area contributed by atoms with Gasteiger partial charge in [0, 0.05) is 30.9 Å². The number of ether oxygens (including phenoxy) is 2. The molecule has 1 N–H and O–H groups in total. The Kier molecular flexibility index (Phi) is 6.13. The lowest BCUT2D eigenvalue weighted by Gasteiger charge is -2.32. The predicted octanol–water partition coefficient (Wildman–Crippen LogP) is 3.59. The van der Waals surface area contributed by atoms with E-state index >= 15 is 0 Å². The monoisotopic (exact) mass is 402 g/mol. The minimum atomic E-state index is 0.0765. The van der Waals surface area contributed by atoms with E-state index in [1.54, 1.807) is 25.6 Å². The number of nitrogens with one attached hydrogen (secondary N) is 1. The molecule has 7 heteroatoms. The highest BCUT2D eigenvalue weighted by Crippen LogP contribution is 2.33. The number of hydrogen-bond donors (Lipinski definition) is 1. The van der Waals surface area contributed by atoms with E-state index < -0.39 is 0 Å². The predicted molar refractivity (Wildman–Crippen MR) is 115 cm³/mol. The van der Waals surface area contributed by atoms with Crippen molar-refractivity contribution in [2.75, 3.05) is 27.8 Å². The summed E-state index contributed by atoms with van der Waals surface area (Å²) in [6.07, 6.45) is 0.946. The summed E-state index contributed by atoms with van der Waals surface area (Å²) >= 11 is 1.70. The molecule has 0 amide bonds. The second-order valence-corrected chi connectivity index (χ2v) is 8.87. The summed E-state index contributed by atoms with van der Waals surface area (Å²) in [6.45, 7) is 8.95. The number of benzene rings is 1. The maximum atomic E-state index is 5.46. The zero-order valence-corrected chi connectivity index (χ0v) is 18.4. The van der Waals surface area contributed by atoms with Gasteiger partial charge in [-0.1, -0.05) is 20.8 Å². The summed E-state index contributed by atoms with van der Waals surface area (Å²) in [5, 5.41) is 6.70. The molecule has 28 heavy (non-hydrogen) atoms. The quantitative estimate of drug-likeness (QED) is 0.626. The minimum Gasteiger partial charge on any atom is -0.493 e. The maximum absolute atomic E-state index is 5.46. The number of hydrogen-bond acceptors (Lipinski definition) is 5. The zero-order chi connectivity index (χ0) is 20.3. The average molecular weight is 403 g/mol. The third-order valence-electron chi connectivity index (χ3n) is 4.95. The minimum absolute atomic E-state index is 0.0765. The first-order valence-corrected chi connectivity index (χ1v) is 10.4. The van der Waals surface area contributed by atoms with Crippen molar-refractivity contribution in [3.8, 4) is 11.5 Å². The second-order valence-electron chi connectivity index (χ2n) is 7.92. The number of aliphatic imine (C=N–C) groups is 1. The molecule has 1 aromatic heterocycles. The van der Waals surface area contributed by atoms with E-state index in [0.29, 0.717) is 6.54 Å². The van der Waals surface area contributed by atoms with Gasteiger partial charge in [-0.05, 0) is 29.7 Å². The molecule has 0 fully saturated rings. The van der Waals surface area contributed by atoms with Crippen molar-refractivity contribution in [2.45, 2.75) is 45.7 Å². The third-order valence-corrected chi connectivity index (χ3v) is 5.80. The van der Waals surface area contributed by atoms with Crippen molar-refractivity contribution < 1.29 is 9.47 Å². The molecule has 0 aliphatic carbocycles. The van der Waals surface area contributed by atoms with Crippen LogP contribution in [0.3, 0.4) is 0 Å². The van der Waals surface area contributed by atoms with Gasteiger partial charge in [0.15, 0.2) is 17.5 Å². The highest BCUT2D eigenvalue weighted by molar-refractivity contribution is 7.09. The molecular weight excluding hydrogens is 372 g/mol. The Bertz CT molecular complexity index is 855. The van der Waals surface area contributed by atoms with Crippen LogP contribution in [0.1, 0.15) is 42.6 Å². The Balaban J connectivity index is 1.68. The molecule has 3 rings (SSSR count). The molecule has 152 valence electrons. The van der Waals surface area contributed by atoms with Gasteiger partial charge in [-0.2, -0.15) is 0 Å². The van der Waals surface area contributed by atoms with E-state index in [-0.39, 0.29) is 5.41 Å². The van der Waals surface area contributed by atoms with Crippen LogP contribution in [0.4, 0.5) is 0 Å². The van der Waals surface area contributed by atoms with Gasteiger partial charge in [-0.25, -0.2) is 4.98 Å². The topological polar surface area (TPSA) is 59.0 Å². The van der Waals surface area contributed by atoms with Gasteiger partial charge in [-0.3, -0.25) is 4.99 Å². The summed E-state index contributed by atoms with van der Waals surface area (Å²) in [5.41, 5.74) is 3.76. The SMILES string of the molecule is CN=C(NCc1nc(C(C)(C)C)cs1)N1CCc2cc(OC)c(OC)cc2C1. The summed E-state index contributed by atoms with van der Waals surface area (Å²) in [5.74, 6) is 2.45. The van der Waals surface area contributed by atoms with Crippen LogP contribution in [0.2, 0.25) is 0 Å². The van der Waals surface area contributed by atoms with E-state index in [1.165, 1.54) is 11.1 Å². The van der Waals surface area contributed by atoms with Crippen molar-refractivity contribution in [3.63, 3.8) is 0 Å². The van der Waals surface area contributed by atoms with Gasteiger partial charge in [0.05, 0.1) is 26.5 Å². The summed E-state index contributed by atoms with van der Waals surface area (Å²) < 4.78 is 10.9. The molecule has 0 bridgehead atoms. The molecule has 6 nitrogen and oxygen atoms in total. The first kappa shape index (κ1) is 20.5. The van der Waals surface area contributed by atoms with E-state index in [0.717, 1.165) is 47.7 Å². The number of thiazole rings is 1. The van der Waals surface area contributed by atoms with Crippen LogP contribution in [0, 0.1) is 0 Å². The van der Waals surface area contributed by atoms with Crippen LogP contribution in [-0.4, -0.2) is 43.7 Å². The Morgan fingerprint density at radius 3 is 2.46 bits per heavy atom. The van der Waals surface area contributed by atoms with Crippen molar-refractivity contribution >= 4 is 17.3 Å². The highest BCUT2D eigenvalue weighted by Gasteiger charge is 2.22. The molecule has 0 unspecified atom stereocenters. The van der Waals surface area contributed by atoms with Crippen LogP contribution >= 0.6 is 11.3 Å². The van der Waals surface area contributed by atoms with Crippen LogP contribution < -0.4 is 14.8 Å². The van der Waals surface area contributed by atoms with E-state index in [4.69, 9.17) is 14.5 Å². The van der Waals surface area contributed by atoms with Gasteiger partial charge in [0.1, 0.15) is 5.01 Å². The molecule has 2 heterocycles. The molecule has 1 aliphatic rings. The van der Waals surface area contributed by atoms with Crippen molar-refractivity contribution in [3.05, 3.63) is 39.3 Å². The van der Waals surface area contributed by atoms with Crippen LogP contribution in [0.15, 0.2) is 22.5 Å². The number of aromatic nitrogens is 1. The smallest absolute Gasteiger partial charge is 0.194 e. The number of rotatable bonds is 4. The molecule has 0 atom stereocenters. The number of nitrogens with zero attached hydrogens (tertiary/aromatic N) is 3. The van der Waals surface area contributed by atoms with Gasteiger partial charge in [-0.15, -0.1) is 11.3 Å². The highest BCUT2D eigenvalue weighted by atomic mass is 32.1. The van der Waals surface area contributed by atoms with Gasteiger partial charge < -0.3 is 19.7 Å². The number of methoxy groups -OCH3 is 2. The molecule has 0 saturated carbocycles. The Hall–Kier alpha value is -2.28. The normalized spacial score (nSPS) is 14.6. The Morgan fingerprint density at radius 1 is 1.21 bits per heavy atom. The van der Waals surface area contributed by atoms with Crippen LogP contribution in [0.5, 0.6) is 11.5 Å². The standard InChI is InChI=1S/C21H30N4O2S/c1-21(2,3)18-13-28-19(24-18)11-23-20(22-4)25-8-7-14-9-16(26-5)17(27-6)10-15(14)12-25/h9-10,13H,7-8,11-12H2,1-6H3,(H,22,23). The summed E-state index contributed by atoms with van der Waals surface area (Å²) in [7, 11) is 5.18. The van der Waals surface area contributed by atoms with Gasteiger partial charge >= 0.3 is 0 Å². The van der Waals surface area contributed by atoms with Crippen LogP contribution in [0.25, 0.3) is 0 Å². The molecule has 2 aromatic rings. The van der Waals surface area contributed by atoms with Crippen LogP contribution in [-0.2, 0) is 24.9 Å². The Morgan fingerprint density at radius 2 is 1.89 bits per heavy atom. The first-order valence-electron chi connectivity index (χ1n) is 9.50. The first-order chi connectivity index (χ1) is 13.4. The van der Waals surface area contributed by atoms with Gasteiger partial charge in [0.2, 0.25) is 0 Å². The average Bonchev–Trinajstić information content (AvgIpc) is 3.16. The van der Waals surface area contributed by atoms with Gasteiger partial charge in [0.25, 0.3) is 0 Å². The third kappa shape index (κ3) is 4.41. The Labute approximate surface area is 171 Å². The fourth-order valence-corrected chi connectivity index (χ4v) is 4.25. The summed E-state index contributed by atoms with van der Waals surface area (Å²) in [4.78, 5) is 11.5. The van der Waals surface area contributed by atoms with E-state index in [2.05, 4.69) is 53.5 Å². The lowest BCUT2D eigenvalue weighted by Crippen LogP contribution is -2.43. The summed E-state index contributed by atoms with van der Waals surface area (Å²) in [6, 6.07) is 4.16. The zero-order valence-electron chi connectivity index (χ0n) is 17.6. The molecular formula is C21H30N4O2S. The molecule has 0 spiro atoms. The lowest BCUT2D eigenvalue weighted by atomic mass is 9.93. The van der Waals surface area contributed by atoms with Crippen molar-refractivity contribution in [1.29, 1.82) is 0 Å². The van der Waals surface area contributed by atoms with E-state index in [9.17, 15) is 0 Å². The molecule has 0 saturated heterocycles. The fourth-order valence-electron chi connectivity index (χ4n) is 3.29. The van der Waals surface area contributed by atoms with Crippen molar-refractivity contribution in [1.82, 2.24) is 15.2 Å². The maximum Gasteiger partial charge on any atom is 0.194 e. The van der Waals surface area contributed by atoms with E-state index in [1.807, 2.05) is 7.05 Å². The lowest BCUT2D eigenvalue weighted by molar-refractivity contribution is 0.346. The largest absolute Gasteiger partial charge is 0.493 e. The fraction of sp³-hybridized carbons (Fsp3) is 0.524.